The summed E-state index contributed by atoms with van der Waals surface area (Å²) in [7, 11) is 0. The summed E-state index contributed by atoms with van der Waals surface area (Å²) in [6.45, 7) is 5.76. The van der Waals surface area contributed by atoms with Gasteiger partial charge >= 0.3 is 5.97 Å². The first-order valence-corrected chi connectivity index (χ1v) is 11.8. The normalized spacial score (nSPS) is 11.0. The second kappa shape index (κ2) is 9.54. The molecule has 0 aliphatic carbocycles. The van der Waals surface area contributed by atoms with E-state index in [1.165, 1.54) is 11.3 Å². The number of rotatable bonds is 7. The lowest BCUT2D eigenvalue weighted by Crippen LogP contribution is -2.16. The van der Waals surface area contributed by atoms with Crippen LogP contribution in [0, 0.1) is 13.8 Å². The summed E-state index contributed by atoms with van der Waals surface area (Å²) in [4.78, 5) is 25.7. The number of thiophene rings is 1. The average molecular weight is 468 g/mol. The van der Waals surface area contributed by atoms with E-state index in [0.717, 1.165) is 38.5 Å². The van der Waals surface area contributed by atoms with Gasteiger partial charge in [0.25, 0.3) is 5.22 Å². The first kappa shape index (κ1) is 22.0. The summed E-state index contributed by atoms with van der Waals surface area (Å²) < 4.78 is 10.8. The lowest BCUT2D eigenvalue weighted by molar-refractivity contribution is -0.113. The molecule has 1 amide bonds. The van der Waals surface area contributed by atoms with Crippen molar-refractivity contribution in [1.82, 2.24) is 10.2 Å². The van der Waals surface area contributed by atoms with Crippen LogP contribution in [-0.4, -0.2) is 34.4 Å². The number of carbonyl (C=O) groups is 2. The molecule has 2 aromatic carbocycles. The van der Waals surface area contributed by atoms with Crippen molar-refractivity contribution in [1.29, 1.82) is 0 Å². The maximum Gasteiger partial charge on any atom is 0.341 e. The number of amides is 1. The molecule has 2 aromatic heterocycles. The predicted molar refractivity (Wildman–Crippen MR) is 126 cm³/mol. The van der Waals surface area contributed by atoms with Crippen molar-refractivity contribution in [3.8, 4) is 11.5 Å². The number of ether oxygens (including phenoxy) is 1. The Morgan fingerprint density at radius 2 is 1.91 bits per heavy atom. The van der Waals surface area contributed by atoms with Gasteiger partial charge < -0.3 is 14.5 Å². The number of benzene rings is 2. The third-order valence-corrected chi connectivity index (χ3v) is 6.79. The molecule has 164 valence electrons. The van der Waals surface area contributed by atoms with Gasteiger partial charge in [0.15, 0.2) is 0 Å². The van der Waals surface area contributed by atoms with Crippen LogP contribution in [0.1, 0.15) is 27.7 Å². The number of aryl methyl sites for hydroxylation is 1. The van der Waals surface area contributed by atoms with Crippen molar-refractivity contribution in [3.05, 3.63) is 58.5 Å². The van der Waals surface area contributed by atoms with E-state index in [-0.39, 0.29) is 18.3 Å². The van der Waals surface area contributed by atoms with E-state index in [2.05, 4.69) is 15.5 Å². The quantitative estimate of drug-likeness (QED) is 0.284. The van der Waals surface area contributed by atoms with Gasteiger partial charge in [-0.2, -0.15) is 0 Å². The van der Waals surface area contributed by atoms with E-state index >= 15 is 0 Å². The summed E-state index contributed by atoms with van der Waals surface area (Å²) in [6.07, 6.45) is 0. The fourth-order valence-corrected chi connectivity index (χ4v) is 4.79. The van der Waals surface area contributed by atoms with Gasteiger partial charge in [-0.1, -0.05) is 42.1 Å². The molecule has 0 fully saturated rings. The van der Waals surface area contributed by atoms with E-state index in [4.69, 9.17) is 9.15 Å². The maximum atomic E-state index is 12.5. The van der Waals surface area contributed by atoms with Crippen molar-refractivity contribution >= 4 is 50.7 Å². The van der Waals surface area contributed by atoms with Crippen LogP contribution >= 0.6 is 23.1 Å². The van der Waals surface area contributed by atoms with Crippen LogP contribution in [-0.2, 0) is 9.53 Å². The third kappa shape index (κ3) is 4.68. The molecule has 32 heavy (non-hydrogen) atoms. The molecule has 0 atom stereocenters. The Morgan fingerprint density at radius 1 is 1.12 bits per heavy atom. The Bertz CT molecular complexity index is 1300. The molecule has 4 rings (SSSR count). The molecule has 0 spiro atoms. The molecule has 1 N–H and O–H groups in total. The topological polar surface area (TPSA) is 94.3 Å². The highest BCUT2D eigenvalue weighted by molar-refractivity contribution is 7.99. The zero-order chi connectivity index (χ0) is 22.7. The minimum absolute atomic E-state index is 0.0671. The summed E-state index contributed by atoms with van der Waals surface area (Å²) >= 11 is 2.49. The van der Waals surface area contributed by atoms with E-state index in [9.17, 15) is 9.59 Å². The Balaban J connectivity index is 1.42. The largest absolute Gasteiger partial charge is 0.462 e. The minimum atomic E-state index is -0.436. The SMILES string of the molecule is CCOC(=O)c1c(NC(=O)CSc2nnc(-c3ccc4ccccc4c3)o2)sc(C)c1C. The standard InChI is InChI=1S/C23H21N3O4S2/c1-4-29-22(28)19-13(2)14(3)32-21(19)24-18(27)12-31-23-26-25-20(30-23)17-10-9-15-7-5-6-8-16(15)11-17/h5-11H,4,12H2,1-3H3,(H,24,27). The van der Waals surface area contributed by atoms with E-state index in [1.807, 2.05) is 56.3 Å². The molecule has 9 heteroatoms. The molecule has 4 aromatic rings. The number of fused-ring (bicyclic) bond motifs is 1. The van der Waals surface area contributed by atoms with E-state index in [0.29, 0.717) is 21.7 Å². The highest BCUT2D eigenvalue weighted by atomic mass is 32.2. The van der Waals surface area contributed by atoms with Crippen LogP contribution in [0.5, 0.6) is 0 Å². The summed E-state index contributed by atoms with van der Waals surface area (Å²) in [5.74, 6) is -0.244. The van der Waals surface area contributed by atoms with Crippen molar-refractivity contribution in [2.45, 2.75) is 26.0 Å². The van der Waals surface area contributed by atoms with E-state index in [1.54, 1.807) is 6.92 Å². The van der Waals surface area contributed by atoms with Crippen LogP contribution in [0.4, 0.5) is 5.00 Å². The molecule has 2 heterocycles. The third-order valence-electron chi connectivity index (χ3n) is 4.85. The number of thioether (sulfide) groups is 1. The number of nitrogens with zero attached hydrogens (tertiary/aromatic N) is 2. The first-order chi connectivity index (χ1) is 15.5. The lowest BCUT2D eigenvalue weighted by atomic mass is 10.1. The van der Waals surface area contributed by atoms with Crippen molar-refractivity contribution in [2.24, 2.45) is 0 Å². The summed E-state index contributed by atoms with van der Waals surface area (Å²) in [5, 5.41) is 13.9. The second-order valence-electron chi connectivity index (χ2n) is 6.98. The minimum Gasteiger partial charge on any atom is -0.462 e. The first-order valence-electron chi connectivity index (χ1n) is 9.98. The molecule has 0 saturated carbocycles. The van der Waals surface area contributed by atoms with Gasteiger partial charge in [-0.15, -0.1) is 21.5 Å². The highest BCUT2D eigenvalue weighted by Crippen LogP contribution is 2.33. The number of nitrogens with one attached hydrogen (secondary N) is 1. The smallest absolute Gasteiger partial charge is 0.341 e. The van der Waals surface area contributed by atoms with E-state index < -0.39 is 5.97 Å². The Hall–Kier alpha value is -3.17. The zero-order valence-electron chi connectivity index (χ0n) is 17.8. The van der Waals surface area contributed by atoms with Crippen LogP contribution in [0.3, 0.4) is 0 Å². The van der Waals surface area contributed by atoms with Crippen molar-refractivity contribution in [3.63, 3.8) is 0 Å². The van der Waals surface area contributed by atoms with Gasteiger partial charge in [-0.05, 0) is 49.2 Å². The fraction of sp³-hybridized carbons (Fsp3) is 0.217. The summed E-state index contributed by atoms with van der Waals surface area (Å²) in [6, 6.07) is 13.9. The Kier molecular flexibility index (Phi) is 6.57. The molecular weight excluding hydrogens is 446 g/mol. The molecule has 0 aliphatic rings. The molecule has 0 unspecified atom stereocenters. The molecule has 0 aliphatic heterocycles. The highest BCUT2D eigenvalue weighted by Gasteiger charge is 2.22. The molecule has 7 nitrogen and oxygen atoms in total. The lowest BCUT2D eigenvalue weighted by Gasteiger charge is -2.06. The maximum absolute atomic E-state index is 12.5. The van der Waals surface area contributed by atoms with Gasteiger partial charge in [0.05, 0.1) is 17.9 Å². The Morgan fingerprint density at radius 3 is 2.69 bits per heavy atom. The molecule has 0 radical (unpaired) electrons. The molecular formula is C23H21N3O4S2. The van der Waals surface area contributed by atoms with Gasteiger partial charge in [-0.3, -0.25) is 4.79 Å². The van der Waals surface area contributed by atoms with Crippen LogP contribution in [0.25, 0.3) is 22.2 Å². The van der Waals surface area contributed by atoms with Crippen molar-refractivity contribution < 1.29 is 18.7 Å². The monoisotopic (exact) mass is 467 g/mol. The van der Waals surface area contributed by atoms with Gasteiger partial charge in [0.2, 0.25) is 11.8 Å². The number of hydrogen-bond acceptors (Lipinski definition) is 8. The van der Waals surface area contributed by atoms with Gasteiger partial charge in [0.1, 0.15) is 5.00 Å². The molecule has 0 bridgehead atoms. The second-order valence-corrected chi connectivity index (χ2v) is 9.13. The fourth-order valence-electron chi connectivity index (χ4n) is 3.16. The van der Waals surface area contributed by atoms with Gasteiger partial charge in [-0.25, -0.2) is 4.79 Å². The van der Waals surface area contributed by atoms with Crippen LogP contribution in [0.2, 0.25) is 0 Å². The van der Waals surface area contributed by atoms with Crippen LogP contribution in [0.15, 0.2) is 52.1 Å². The Labute approximate surface area is 193 Å². The number of anilines is 1. The number of carbonyl (C=O) groups excluding carboxylic acids is 2. The van der Waals surface area contributed by atoms with Crippen molar-refractivity contribution in [2.75, 3.05) is 17.7 Å². The summed E-state index contributed by atoms with van der Waals surface area (Å²) in [5.41, 5.74) is 2.04. The predicted octanol–water partition coefficient (Wildman–Crippen LogP) is 5.48. The number of hydrogen-bond donors (Lipinski definition) is 1. The number of esters is 1. The average Bonchev–Trinajstić information content (AvgIpc) is 3.36. The number of aromatic nitrogens is 2. The van der Waals surface area contributed by atoms with Crippen LogP contribution < -0.4 is 5.32 Å². The zero-order valence-corrected chi connectivity index (χ0v) is 19.4. The van der Waals surface area contributed by atoms with Gasteiger partial charge in [0, 0.05) is 10.4 Å². The molecule has 0 saturated heterocycles.